The lowest BCUT2D eigenvalue weighted by Crippen LogP contribution is -2.38. The summed E-state index contributed by atoms with van der Waals surface area (Å²) in [4.78, 5) is 16.8. The summed E-state index contributed by atoms with van der Waals surface area (Å²) >= 11 is 1.69. The third-order valence-corrected chi connectivity index (χ3v) is 5.14. The Labute approximate surface area is 146 Å². The third-order valence-electron chi connectivity index (χ3n) is 4.44. The third kappa shape index (κ3) is 3.84. The largest absolute Gasteiger partial charge is 0.335 e. The van der Waals surface area contributed by atoms with Gasteiger partial charge >= 0.3 is 0 Å². The number of hydrogen-bond donors (Lipinski definition) is 0. The van der Waals surface area contributed by atoms with Crippen LogP contribution in [0.4, 0.5) is 0 Å². The lowest BCUT2D eigenvalue weighted by Gasteiger charge is -2.27. The highest BCUT2D eigenvalue weighted by Gasteiger charge is 2.30. The van der Waals surface area contributed by atoms with Crippen LogP contribution in [-0.4, -0.2) is 35.8 Å². The van der Waals surface area contributed by atoms with Gasteiger partial charge in [-0.25, -0.2) is 0 Å². The predicted octanol–water partition coefficient (Wildman–Crippen LogP) is 3.42. The Hall–Kier alpha value is -2.16. The number of benzene rings is 1. The summed E-state index contributed by atoms with van der Waals surface area (Å²) < 4.78 is 0. The Morgan fingerprint density at radius 1 is 1.38 bits per heavy atom. The highest BCUT2D eigenvalue weighted by atomic mass is 32.1. The molecule has 0 radical (unpaired) electrons. The standard InChI is InChI=1S/C19H21N3OS/c1-21(12-16-6-4-15(11-20)5-7-16)13-19(23)22-9-2-3-18(22)17-8-10-24-14-17/h4-8,10,14,18H,2-3,9,12-13H2,1H3/t18-/m0/s1. The van der Waals surface area contributed by atoms with Crippen molar-refractivity contribution in [2.24, 2.45) is 0 Å². The molecule has 0 bridgehead atoms. The Morgan fingerprint density at radius 3 is 2.83 bits per heavy atom. The van der Waals surface area contributed by atoms with Gasteiger partial charge < -0.3 is 4.90 Å². The zero-order chi connectivity index (χ0) is 16.9. The first-order chi connectivity index (χ1) is 11.7. The normalized spacial score (nSPS) is 17.2. The van der Waals surface area contributed by atoms with E-state index in [9.17, 15) is 4.79 Å². The summed E-state index contributed by atoms with van der Waals surface area (Å²) in [5, 5.41) is 13.1. The van der Waals surface area contributed by atoms with E-state index >= 15 is 0 Å². The van der Waals surface area contributed by atoms with Crippen LogP contribution in [0.1, 0.15) is 35.6 Å². The molecule has 1 saturated heterocycles. The van der Waals surface area contributed by atoms with Crippen molar-refractivity contribution in [3.05, 3.63) is 57.8 Å². The van der Waals surface area contributed by atoms with Gasteiger partial charge in [-0.2, -0.15) is 16.6 Å². The van der Waals surface area contributed by atoms with E-state index in [0.29, 0.717) is 18.7 Å². The average molecular weight is 339 g/mol. The number of nitrogens with zero attached hydrogens (tertiary/aromatic N) is 3. The molecule has 124 valence electrons. The lowest BCUT2D eigenvalue weighted by atomic mass is 10.1. The Bertz CT molecular complexity index is 718. The van der Waals surface area contributed by atoms with Crippen molar-refractivity contribution in [1.82, 2.24) is 9.80 Å². The maximum atomic E-state index is 12.7. The van der Waals surface area contributed by atoms with Crippen LogP contribution in [0.5, 0.6) is 0 Å². The minimum absolute atomic E-state index is 0.194. The molecule has 0 unspecified atom stereocenters. The van der Waals surface area contributed by atoms with E-state index in [2.05, 4.69) is 22.9 Å². The monoisotopic (exact) mass is 339 g/mol. The average Bonchev–Trinajstić information content (AvgIpc) is 3.26. The zero-order valence-electron chi connectivity index (χ0n) is 13.8. The van der Waals surface area contributed by atoms with E-state index in [1.165, 1.54) is 5.56 Å². The molecule has 1 fully saturated rings. The number of likely N-dealkylation sites (N-methyl/N-ethyl adjacent to an activating group) is 1. The number of carbonyl (C=O) groups excluding carboxylic acids is 1. The van der Waals surface area contributed by atoms with Gasteiger partial charge in [-0.1, -0.05) is 12.1 Å². The molecule has 0 aliphatic carbocycles. The van der Waals surface area contributed by atoms with Crippen molar-refractivity contribution >= 4 is 17.2 Å². The maximum absolute atomic E-state index is 12.7. The smallest absolute Gasteiger partial charge is 0.237 e. The van der Waals surface area contributed by atoms with Gasteiger partial charge in [-0.3, -0.25) is 9.69 Å². The Balaban J connectivity index is 1.58. The van der Waals surface area contributed by atoms with Crippen LogP contribution in [0, 0.1) is 11.3 Å². The second-order valence-corrected chi connectivity index (χ2v) is 7.06. The van der Waals surface area contributed by atoms with Crippen molar-refractivity contribution in [1.29, 1.82) is 5.26 Å². The number of hydrogen-bond acceptors (Lipinski definition) is 4. The van der Waals surface area contributed by atoms with Crippen molar-refractivity contribution in [2.45, 2.75) is 25.4 Å². The molecule has 1 aliphatic rings. The molecule has 2 heterocycles. The van der Waals surface area contributed by atoms with Gasteiger partial charge in [0.15, 0.2) is 0 Å². The van der Waals surface area contributed by atoms with E-state index in [1.807, 2.05) is 41.1 Å². The fourth-order valence-electron chi connectivity index (χ4n) is 3.25. The van der Waals surface area contributed by atoms with Crippen LogP contribution in [0.3, 0.4) is 0 Å². The van der Waals surface area contributed by atoms with Crippen molar-refractivity contribution in [2.75, 3.05) is 20.1 Å². The molecule has 1 amide bonds. The van der Waals surface area contributed by atoms with Gasteiger partial charge in [0.25, 0.3) is 0 Å². The highest BCUT2D eigenvalue weighted by Crippen LogP contribution is 2.33. The lowest BCUT2D eigenvalue weighted by molar-refractivity contribution is -0.133. The molecule has 5 heteroatoms. The molecule has 1 atom stereocenters. The molecule has 2 aromatic rings. The van der Waals surface area contributed by atoms with Gasteiger partial charge in [0.2, 0.25) is 5.91 Å². The summed E-state index contributed by atoms with van der Waals surface area (Å²) in [5.41, 5.74) is 3.04. The van der Waals surface area contributed by atoms with Gasteiger partial charge in [0, 0.05) is 13.1 Å². The van der Waals surface area contributed by atoms with Crippen molar-refractivity contribution in [3.8, 4) is 6.07 Å². The molecule has 1 aliphatic heterocycles. The summed E-state index contributed by atoms with van der Waals surface area (Å²) in [6.07, 6.45) is 2.13. The van der Waals surface area contributed by atoms with Gasteiger partial charge in [-0.15, -0.1) is 0 Å². The number of likely N-dealkylation sites (tertiary alicyclic amines) is 1. The van der Waals surface area contributed by atoms with Crippen LogP contribution in [-0.2, 0) is 11.3 Å². The van der Waals surface area contributed by atoms with Gasteiger partial charge in [0.05, 0.1) is 24.2 Å². The van der Waals surface area contributed by atoms with E-state index in [-0.39, 0.29) is 11.9 Å². The zero-order valence-corrected chi connectivity index (χ0v) is 14.6. The van der Waals surface area contributed by atoms with Gasteiger partial charge in [0.1, 0.15) is 0 Å². The van der Waals surface area contributed by atoms with Crippen LogP contribution in [0.15, 0.2) is 41.1 Å². The second kappa shape index (κ2) is 7.61. The molecule has 24 heavy (non-hydrogen) atoms. The molecule has 3 rings (SSSR count). The first-order valence-electron chi connectivity index (χ1n) is 8.16. The number of rotatable bonds is 5. The maximum Gasteiger partial charge on any atom is 0.237 e. The molecule has 4 nitrogen and oxygen atoms in total. The van der Waals surface area contributed by atoms with Crippen molar-refractivity contribution < 1.29 is 4.79 Å². The van der Waals surface area contributed by atoms with E-state index in [1.54, 1.807) is 11.3 Å². The van der Waals surface area contributed by atoms with Crippen LogP contribution < -0.4 is 0 Å². The first kappa shape index (κ1) is 16.7. The summed E-state index contributed by atoms with van der Waals surface area (Å²) in [7, 11) is 1.96. The topological polar surface area (TPSA) is 47.3 Å². The van der Waals surface area contributed by atoms with E-state index in [4.69, 9.17) is 5.26 Å². The number of thiophene rings is 1. The number of amides is 1. The fourth-order valence-corrected chi connectivity index (χ4v) is 3.96. The fraction of sp³-hybridized carbons (Fsp3) is 0.368. The Kier molecular flexibility index (Phi) is 5.29. The van der Waals surface area contributed by atoms with Gasteiger partial charge in [-0.05, 0) is 60.0 Å². The van der Waals surface area contributed by atoms with Crippen LogP contribution >= 0.6 is 11.3 Å². The molecule has 0 saturated carbocycles. The first-order valence-corrected chi connectivity index (χ1v) is 9.11. The predicted molar refractivity (Wildman–Crippen MR) is 95.5 cm³/mol. The quantitative estimate of drug-likeness (QED) is 0.838. The van der Waals surface area contributed by atoms with Crippen LogP contribution in [0.2, 0.25) is 0 Å². The summed E-state index contributed by atoms with van der Waals surface area (Å²) in [5.74, 6) is 0.194. The molecule has 1 aromatic carbocycles. The van der Waals surface area contributed by atoms with E-state index < -0.39 is 0 Å². The summed E-state index contributed by atoms with van der Waals surface area (Å²) in [6, 6.07) is 12.0. The number of carbonyl (C=O) groups is 1. The SMILES string of the molecule is CN(CC(=O)N1CCC[C@H]1c1ccsc1)Cc1ccc(C#N)cc1. The van der Waals surface area contributed by atoms with Crippen molar-refractivity contribution in [3.63, 3.8) is 0 Å². The molecule has 0 spiro atoms. The minimum atomic E-state index is 0.194. The minimum Gasteiger partial charge on any atom is -0.335 e. The number of nitriles is 1. The van der Waals surface area contributed by atoms with Crippen LogP contribution in [0.25, 0.3) is 0 Å². The van der Waals surface area contributed by atoms with E-state index in [0.717, 1.165) is 24.9 Å². The molecular formula is C19H21N3OS. The molecule has 0 N–H and O–H groups in total. The highest BCUT2D eigenvalue weighted by molar-refractivity contribution is 7.07. The molecular weight excluding hydrogens is 318 g/mol. The summed E-state index contributed by atoms with van der Waals surface area (Å²) in [6.45, 7) is 1.97. The molecule has 1 aromatic heterocycles. The second-order valence-electron chi connectivity index (χ2n) is 6.28. The Morgan fingerprint density at radius 2 is 2.17 bits per heavy atom.